The quantitative estimate of drug-likeness (QED) is 0.329. The largest absolute Gasteiger partial charge is 0.347 e. The van der Waals surface area contributed by atoms with Crippen LogP contribution in [0.2, 0.25) is 5.02 Å². The van der Waals surface area contributed by atoms with Gasteiger partial charge in [0.2, 0.25) is 0 Å². The van der Waals surface area contributed by atoms with Gasteiger partial charge < -0.3 is 10.2 Å². The molecular weight excluding hydrogens is 356 g/mol. The van der Waals surface area contributed by atoms with Gasteiger partial charge in [-0.2, -0.15) is 0 Å². The minimum absolute atomic E-state index is 0.0341. The third-order valence-corrected chi connectivity index (χ3v) is 3.91. The van der Waals surface area contributed by atoms with Gasteiger partial charge in [-0.1, -0.05) is 11.6 Å². The lowest BCUT2D eigenvalue weighted by Gasteiger charge is -2.19. The first-order chi connectivity index (χ1) is 12.5. The lowest BCUT2D eigenvalue weighted by Crippen LogP contribution is -2.33. The number of nitrogens with one attached hydrogen (secondary N) is 1. The molecule has 0 heterocycles. The van der Waals surface area contributed by atoms with E-state index >= 15 is 0 Å². The zero-order valence-corrected chi connectivity index (χ0v) is 15.0. The van der Waals surface area contributed by atoms with Crippen LogP contribution in [0.4, 0.5) is 11.4 Å². The molecule has 0 atom stereocenters. The van der Waals surface area contributed by atoms with Crippen molar-refractivity contribution in [2.75, 3.05) is 25.0 Å². The Morgan fingerprint density at radius 1 is 1.23 bits per heavy atom. The van der Waals surface area contributed by atoms with Crippen LogP contribution in [-0.2, 0) is 0 Å². The first-order valence-electron chi connectivity index (χ1n) is 8.05. The topological polar surface area (TPSA) is 87.8 Å². The number of likely N-dealkylation sites (N-methyl/N-ethyl adjacent to an activating group) is 1. The van der Waals surface area contributed by atoms with E-state index in [1.807, 2.05) is 6.92 Å². The van der Waals surface area contributed by atoms with Crippen molar-refractivity contribution in [2.24, 2.45) is 4.99 Å². The fourth-order valence-corrected chi connectivity index (χ4v) is 2.35. The second-order valence-corrected chi connectivity index (χ2v) is 5.81. The van der Waals surface area contributed by atoms with Crippen LogP contribution < -0.4 is 5.32 Å². The summed E-state index contributed by atoms with van der Waals surface area (Å²) in [6.07, 6.45) is 1.52. The number of nitrogens with zero attached hydrogens (tertiary/aromatic N) is 3. The maximum absolute atomic E-state index is 12.4. The van der Waals surface area contributed by atoms with Gasteiger partial charge in [0.15, 0.2) is 0 Å². The molecule has 0 saturated heterocycles. The molecule has 0 unspecified atom stereocenters. The summed E-state index contributed by atoms with van der Waals surface area (Å²) in [5.41, 5.74) is 1.32. The Labute approximate surface area is 156 Å². The molecule has 0 spiro atoms. The number of hydrogen-bond donors (Lipinski definition) is 1. The number of nitro benzene ring substituents is 1. The summed E-state index contributed by atoms with van der Waals surface area (Å²) >= 11 is 5.84. The highest BCUT2D eigenvalue weighted by atomic mass is 35.5. The molecule has 0 saturated carbocycles. The highest BCUT2D eigenvalue weighted by molar-refractivity contribution is 6.30. The van der Waals surface area contributed by atoms with E-state index in [0.29, 0.717) is 35.9 Å². The molecule has 1 amide bonds. The molecule has 0 radical (unpaired) electrons. The molecule has 0 aliphatic heterocycles. The number of rotatable bonds is 8. The van der Waals surface area contributed by atoms with Crippen molar-refractivity contribution in [3.8, 4) is 0 Å². The monoisotopic (exact) mass is 374 g/mol. The summed E-state index contributed by atoms with van der Waals surface area (Å²) in [5, 5.41) is 14.1. The van der Waals surface area contributed by atoms with Gasteiger partial charge in [0, 0.05) is 41.5 Å². The number of amides is 1. The average molecular weight is 375 g/mol. The molecule has 0 aliphatic carbocycles. The fraction of sp³-hybridized carbons (Fsp3) is 0.222. The summed E-state index contributed by atoms with van der Waals surface area (Å²) in [7, 11) is 0. The minimum atomic E-state index is -0.450. The molecule has 2 rings (SSSR count). The zero-order valence-electron chi connectivity index (χ0n) is 14.3. The van der Waals surface area contributed by atoms with E-state index in [0.717, 1.165) is 0 Å². The van der Waals surface area contributed by atoms with Crippen molar-refractivity contribution >= 4 is 35.2 Å². The lowest BCUT2D eigenvalue weighted by molar-refractivity contribution is -0.384. The van der Waals surface area contributed by atoms with Crippen molar-refractivity contribution in [1.82, 2.24) is 4.90 Å². The number of carbonyl (C=O) groups excluding carboxylic acids is 1. The molecular formula is C18H19ClN4O3. The van der Waals surface area contributed by atoms with Crippen LogP contribution in [0.1, 0.15) is 17.3 Å². The van der Waals surface area contributed by atoms with Gasteiger partial charge in [0.05, 0.1) is 17.8 Å². The van der Waals surface area contributed by atoms with E-state index in [2.05, 4.69) is 10.3 Å². The van der Waals surface area contributed by atoms with Crippen molar-refractivity contribution in [3.05, 3.63) is 69.2 Å². The van der Waals surface area contributed by atoms with E-state index < -0.39 is 4.92 Å². The number of benzene rings is 2. The van der Waals surface area contributed by atoms with Gasteiger partial charge in [0.25, 0.3) is 11.6 Å². The predicted octanol–water partition coefficient (Wildman–Crippen LogP) is 3.85. The summed E-state index contributed by atoms with van der Waals surface area (Å²) in [6, 6.07) is 12.8. The van der Waals surface area contributed by atoms with Crippen LogP contribution >= 0.6 is 11.6 Å². The van der Waals surface area contributed by atoms with Crippen molar-refractivity contribution in [2.45, 2.75) is 6.92 Å². The Kier molecular flexibility index (Phi) is 7.11. The van der Waals surface area contributed by atoms with Crippen molar-refractivity contribution in [1.29, 1.82) is 0 Å². The van der Waals surface area contributed by atoms with E-state index in [4.69, 9.17) is 11.6 Å². The highest BCUT2D eigenvalue weighted by Crippen LogP contribution is 2.14. The number of carbonyl (C=O) groups is 1. The summed E-state index contributed by atoms with van der Waals surface area (Å²) in [4.78, 5) is 28.5. The third-order valence-electron chi connectivity index (χ3n) is 3.66. The van der Waals surface area contributed by atoms with Crippen LogP contribution in [0, 0.1) is 10.1 Å². The fourth-order valence-electron chi connectivity index (χ4n) is 2.22. The Bertz CT molecular complexity index is 776. The van der Waals surface area contributed by atoms with Crippen LogP contribution in [0.25, 0.3) is 0 Å². The van der Waals surface area contributed by atoms with Crippen LogP contribution in [0.5, 0.6) is 0 Å². The van der Waals surface area contributed by atoms with Crippen molar-refractivity contribution in [3.63, 3.8) is 0 Å². The first-order valence-corrected chi connectivity index (χ1v) is 8.43. The van der Waals surface area contributed by atoms with Gasteiger partial charge in [-0.05, 0) is 43.3 Å². The molecule has 0 fully saturated rings. The smallest absolute Gasteiger partial charge is 0.269 e. The van der Waals surface area contributed by atoms with Gasteiger partial charge in [0.1, 0.15) is 0 Å². The Morgan fingerprint density at radius 3 is 2.46 bits per heavy atom. The number of anilines is 1. The standard InChI is InChI=1S/C18H19ClN4O3/c1-2-22(18(24)14-3-5-15(19)6-4-14)12-11-20-13-21-16-7-9-17(10-8-16)23(25)26/h3-10,13H,2,11-12H2,1H3,(H,20,21). The first kappa shape index (κ1) is 19.4. The minimum Gasteiger partial charge on any atom is -0.347 e. The van der Waals surface area contributed by atoms with Crippen molar-refractivity contribution < 1.29 is 9.72 Å². The van der Waals surface area contributed by atoms with Gasteiger partial charge in [-0.15, -0.1) is 0 Å². The molecule has 7 nitrogen and oxygen atoms in total. The summed E-state index contributed by atoms with van der Waals surface area (Å²) < 4.78 is 0. The Balaban J connectivity index is 1.82. The summed E-state index contributed by atoms with van der Waals surface area (Å²) in [5.74, 6) is -0.0669. The second-order valence-electron chi connectivity index (χ2n) is 5.38. The third kappa shape index (κ3) is 5.56. The van der Waals surface area contributed by atoms with E-state index in [9.17, 15) is 14.9 Å². The maximum atomic E-state index is 12.4. The van der Waals surface area contributed by atoms with Crippen LogP contribution in [0.3, 0.4) is 0 Å². The molecule has 2 aromatic rings. The highest BCUT2D eigenvalue weighted by Gasteiger charge is 2.13. The Morgan fingerprint density at radius 2 is 1.88 bits per heavy atom. The lowest BCUT2D eigenvalue weighted by atomic mass is 10.2. The SMILES string of the molecule is CCN(CCN=CNc1ccc([N+](=O)[O-])cc1)C(=O)c1ccc(Cl)cc1. The summed E-state index contributed by atoms with van der Waals surface area (Å²) in [6.45, 7) is 3.41. The van der Waals surface area contributed by atoms with Gasteiger partial charge in [-0.25, -0.2) is 0 Å². The van der Waals surface area contributed by atoms with Gasteiger partial charge >= 0.3 is 0 Å². The molecule has 0 aromatic heterocycles. The predicted molar refractivity (Wildman–Crippen MR) is 103 cm³/mol. The van der Waals surface area contributed by atoms with E-state index in [1.54, 1.807) is 41.3 Å². The average Bonchev–Trinajstić information content (AvgIpc) is 2.65. The van der Waals surface area contributed by atoms with E-state index in [-0.39, 0.29) is 11.6 Å². The number of non-ortho nitro benzene ring substituents is 1. The molecule has 136 valence electrons. The van der Waals surface area contributed by atoms with Crippen LogP contribution in [-0.4, -0.2) is 41.7 Å². The van der Waals surface area contributed by atoms with E-state index in [1.165, 1.54) is 18.5 Å². The maximum Gasteiger partial charge on any atom is 0.269 e. The normalized spacial score (nSPS) is 10.7. The molecule has 0 aliphatic rings. The molecule has 1 N–H and O–H groups in total. The molecule has 26 heavy (non-hydrogen) atoms. The second kappa shape index (κ2) is 9.53. The number of halogens is 1. The number of nitro groups is 1. The number of hydrogen-bond acceptors (Lipinski definition) is 4. The molecule has 0 bridgehead atoms. The molecule has 8 heteroatoms. The van der Waals surface area contributed by atoms with Gasteiger partial charge in [-0.3, -0.25) is 19.9 Å². The number of aliphatic imine (C=N–C) groups is 1. The zero-order chi connectivity index (χ0) is 18.9. The van der Waals surface area contributed by atoms with Crippen LogP contribution in [0.15, 0.2) is 53.5 Å². The Hall–Kier alpha value is -2.93. The molecule has 2 aromatic carbocycles.